The zero-order valence-corrected chi connectivity index (χ0v) is 9.83. The SMILES string of the molecule is CCCN1[SiH2]N(CCC)C1OC. The van der Waals surface area contributed by atoms with Gasteiger partial charge in [0.15, 0.2) is 16.2 Å². The fourth-order valence-electron chi connectivity index (χ4n) is 1.74. The first kappa shape index (κ1) is 10.2. The van der Waals surface area contributed by atoms with E-state index in [2.05, 4.69) is 23.0 Å². The molecule has 3 nitrogen and oxygen atoms in total. The maximum absolute atomic E-state index is 5.40. The summed E-state index contributed by atoms with van der Waals surface area (Å²) in [5.74, 6) is 0. The highest BCUT2D eigenvalue weighted by atomic mass is 28.2. The fourth-order valence-corrected chi connectivity index (χ4v) is 3.86. The van der Waals surface area contributed by atoms with Crippen LogP contribution in [-0.2, 0) is 4.74 Å². The van der Waals surface area contributed by atoms with Gasteiger partial charge in [-0.3, -0.25) is 9.13 Å². The van der Waals surface area contributed by atoms with Gasteiger partial charge in [0.1, 0.15) is 0 Å². The summed E-state index contributed by atoms with van der Waals surface area (Å²) in [6.07, 6.45) is 2.80. The molecule has 1 rings (SSSR count). The summed E-state index contributed by atoms with van der Waals surface area (Å²) in [4.78, 5) is 0. The molecule has 1 aliphatic rings. The molecule has 0 aromatic heterocycles. The molecule has 1 heterocycles. The molecular formula is C8H20N2OSi. The van der Waals surface area contributed by atoms with Crippen LogP contribution in [0.3, 0.4) is 0 Å². The van der Waals surface area contributed by atoms with Gasteiger partial charge in [-0.2, -0.15) is 0 Å². The third-order valence-corrected chi connectivity index (χ3v) is 4.20. The summed E-state index contributed by atoms with van der Waals surface area (Å²) in [5.41, 5.74) is 0. The first-order valence-electron chi connectivity index (χ1n) is 4.84. The minimum absolute atomic E-state index is 0.106. The van der Waals surface area contributed by atoms with E-state index in [1.807, 2.05) is 7.11 Å². The lowest BCUT2D eigenvalue weighted by molar-refractivity contribution is -0.113. The van der Waals surface area contributed by atoms with Crippen LogP contribution in [0.4, 0.5) is 0 Å². The van der Waals surface area contributed by atoms with Gasteiger partial charge in [-0.15, -0.1) is 0 Å². The van der Waals surface area contributed by atoms with Crippen LogP contribution in [0, 0.1) is 0 Å². The Morgan fingerprint density at radius 1 is 1.17 bits per heavy atom. The van der Waals surface area contributed by atoms with Crippen molar-refractivity contribution >= 4 is 9.84 Å². The molecule has 0 N–H and O–H groups in total. The highest BCUT2D eigenvalue weighted by Gasteiger charge is 2.35. The highest BCUT2D eigenvalue weighted by Crippen LogP contribution is 2.17. The van der Waals surface area contributed by atoms with Crippen molar-refractivity contribution in [3.63, 3.8) is 0 Å². The lowest BCUT2D eigenvalue weighted by Crippen LogP contribution is -2.67. The Balaban J connectivity index is 2.25. The molecule has 0 aliphatic carbocycles. The Labute approximate surface area is 77.7 Å². The van der Waals surface area contributed by atoms with Crippen LogP contribution in [0.1, 0.15) is 26.7 Å². The lowest BCUT2D eigenvalue weighted by atomic mass is 10.4. The Morgan fingerprint density at radius 2 is 1.67 bits per heavy atom. The van der Waals surface area contributed by atoms with Crippen LogP contribution in [0.5, 0.6) is 0 Å². The second-order valence-electron chi connectivity index (χ2n) is 3.33. The minimum atomic E-state index is -0.106. The van der Waals surface area contributed by atoms with E-state index in [0.717, 1.165) is 0 Å². The molecule has 72 valence electrons. The van der Waals surface area contributed by atoms with Gasteiger partial charge in [0, 0.05) is 7.11 Å². The van der Waals surface area contributed by atoms with Crippen molar-refractivity contribution in [2.45, 2.75) is 33.0 Å². The number of rotatable bonds is 5. The van der Waals surface area contributed by atoms with E-state index in [1.54, 1.807) is 0 Å². The van der Waals surface area contributed by atoms with Gasteiger partial charge in [-0.25, -0.2) is 0 Å². The standard InChI is InChI=1S/C8H20N2OSi/c1-4-6-9-8(11-3)10(12-9)7-5-2/h8H,4-7,12H2,1-3H3. The van der Waals surface area contributed by atoms with Gasteiger partial charge in [0.05, 0.1) is 0 Å². The van der Waals surface area contributed by atoms with Gasteiger partial charge in [0.2, 0.25) is 0 Å². The summed E-state index contributed by atoms with van der Waals surface area (Å²) >= 11 is 0. The van der Waals surface area contributed by atoms with Crippen LogP contribution in [-0.4, -0.2) is 45.5 Å². The molecular weight excluding hydrogens is 168 g/mol. The predicted octanol–water partition coefficient (Wildman–Crippen LogP) is 0.353. The Morgan fingerprint density at radius 3 is 2.00 bits per heavy atom. The van der Waals surface area contributed by atoms with Gasteiger partial charge >= 0.3 is 0 Å². The Bertz CT molecular complexity index is 122. The van der Waals surface area contributed by atoms with Crippen LogP contribution < -0.4 is 0 Å². The van der Waals surface area contributed by atoms with Crippen LogP contribution in [0.25, 0.3) is 0 Å². The smallest absolute Gasteiger partial charge is 0.179 e. The number of hydrogen-bond acceptors (Lipinski definition) is 3. The molecule has 0 spiro atoms. The number of ether oxygens (including phenoxy) is 1. The maximum atomic E-state index is 5.40. The third kappa shape index (κ3) is 2.07. The second kappa shape index (κ2) is 4.96. The molecule has 12 heavy (non-hydrogen) atoms. The van der Waals surface area contributed by atoms with Crippen molar-refractivity contribution in [3.05, 3.63) is 0 Å². The molecule has 0 unspecified atom stereocenters. The summed E-state index contributed by atoms with van der Waals surface area (Å²) in [6.45, 7) is 6.88. The summed E-state index contributed by atoms with van der Waals surface area (Å²) in [7, 11) is 1.70. The summed E-state index contributed by atoms with van der Waals surface area (Å²) in [6, 6.07) is 0. The van der Waals surface area contributed by atoms with Crippen LogP contribution in [0.15, 0.2) is 0 Å². The molecule has 0 radical (unpaired) electrons. The molecule has 0 atom stereocenters. The largest absolute Gasteiger partial charge is 0.354 e. The highest BCUT2D eigenvalue weighted by molar-refractivity contribution is 6.31. The van der Waals surface area contributed by atoms with Crippen molar-refractivity contribution < 1.29 is 4.74 Å². The third-order valence-electron chi connectivity index (χ3n) is 2.22. The molecule has 0 amide bonds. The van der Waals surface area contributed by atoms with Crippen molar-refractivity contribution in [1.82, 2.24) is 9.13 Å². The predicted molar refractivity (Wildman–Crippen MR) is 53.3 cm³/mol. The van der Waals surface area contributed by atoms with E-state index in [-0.39, 0.29) is 9.84 Å². The lowest BCUT2D eigenvalue weighted by Gasteiger charge is -2.49. The van der Waals surface area contributed by atoms with Crippen molar-refractivity contribution in [2.24, 2.45) is 0 Å². The zero-order chi connectivity index (χ0) is 8.97. The van der Waals surface area contributed by atoms with Gasteiger partial charge in [-0.05, 0) is 25.9 Å². The minimum Gasteiger partial charge on any atom is -0.354 e. The van der Waals surface area contributed by atoms with Gasteiger partial charge < -0.3 is 4.74 Å². The monoisotopic (exact) mass is 188 g/mol. The molecule has 0 bridgehead atoms. The maximum Gasteiger partial charge on any atom is 0.179 e. The Hall–Kier alpha value is 0.0969. The van der Waals surface area contributed by atoms with Crippen molar-refractivity contribution in [3.8, 4) is 0 Å². The number of hydrogen-bond donors (Lipinski definition) is 0. The molecule has 0 aromatic carbocycles. The molecule has 1 saturated heterocycles. The first-order valence-corrected chi connectivity index (χ1v) is 6.10. The van der Waals surface area contributed by atoms with Gasteiger partial charge in [0.25, 0.3) is 0 Å². The topological polar surface area (TPSA) is 15.7 Å². The van der Waals surface area contributed by atoms with E-state index in [1.165, 1.54) is 25.9 Å². The quantitative estimate of drug-likeness (QED) is 0.579. The molecule has 0 saturated carbocycles. The van der Waals surface area contributed by atoms with Crippen LogP contribution >= 0.6 is 0 Å². The number of methoxy groups -OCH3 is 1. The van der Waals surface area contributed by atoms with Gasteiger partial charge in [-0.1, -0.05) is 13.8 Å². The molecule has 4 heteroatoms. The second-order valence-corrected chi connectivity index (χ2v) is 5.24. The average molecular weight is 188 g/mol. The Kier molecular flexibility index (Phi) is 4.21. The fraction of sp³-hybridized carbons (Fsp3) is 1.00. The van der Waals surface area contributed by atoms with Crippen molar-refractivity contribution in [1.29, 1.82) is 0 Å². The van der Waals surface area contributed by atoms with Crippen molar-refractivity contribution in [2.75, 3.05) is 20.2 Å². The zero-order valence-electron chi connectivity index (χ0n) is 8.42. The van der Waals surface area contributed by atoms with Crippen LogP contribution in [0.2, 0.25) is 0 Å². The van der Waals surface area contributed by atoms with E-state index in [9.17, 15) is 0 Å². The normalized spacial score (nSPS) is 27.8. The van der Waals surface area contributed by atoms with E-state index >= 15 is 0 Å². The van der Waals surface area contributed by atoms with E-state index < -0.39 is 0 Å². The van der Waals surface area contributed by atoms with E-state index in [0.29, 0.717) is 6.35 Å². The first-order chi connectivity index (χ1) is 5.83. The molecule has 1 aliphatic heterocycles. The molecule has 1 fully saturated rings. The molecule has 0 aromatic rings. The van der Waals surface area contributed by atoms with E-state index in [4.69, 9.17) is 4.74 Å². The number of nitrogens with zero attached hydrogens (tertiary/aromatic N) is 2. The summed E-state index contributed by atoms with van der Waals surface area (Å²) in [5, 5.41) is 0. The summed E-state index contributed by atoms with van der Waals surface area (Å²) < 4.78 is 10.4. The average Bonchev–Trinajstić information content (AvgIpc) is 2.03.